The molecule has 0 radical (unpaired) electrons. The van der Waals surface area contributed by atoms with E-state index in [1.165, 1.54) is 23.1 Å². The van der Waals surface area contributed by atoms with Gasteiger partial charge in [0.1, 0.15) is 11.5 Å². The maximum absolute atomic E-state index is 12.8. The molecule has 0 atom stereocenters. The molecule has 0 aliphatic carbocycles. The predicted molar refractivity (Wildman–Crippen MR) is 123 cm³/mol. The molecule has 4 rings (SSSR count). The first-order valence-electron chi connectivity index (χ1n) is 8.41. The van der Waals surface area contributed by atoms with E-state index in [4.69, 9.17) is 39.8 Å². The number of rotatable bonds is 4. The van der Waals surface area contributed by atoms with Crippen LogP contribution in [0.2, 0.25) is 10.0 Å². The van der Waals surface area contributed by atoms with E-state index in [-0.39, 0.29) is 16.6 Å². The van der Waals surface area contributed by atoms with Gasteiger partial charge in [0.05, 0.1) is 20.5 Å². The average Bonchev–Trinajstić information content (AvgIpc) is 3.27. The molecule has 30 heavy (non-hydrogen) atoms. The summed E-state index contributed by atoms with van der Waals surface area (Å²) in [5, 5.41) is 11.6. The van der Waals surface area contributed by atoms with Crippen LogP contribution >= 0.6 is 47.2 Å². The lowest BCUT2D eigenvalue weighted by Gasteiger charge is -2.14. The summed E-state index contributed by atoms with van der Waals surface area (Å²) >= 11 is 18.6. The molecule has 6 nitrogen and oxygen atoms in total. The Morgan fingerprint density at radius 1 is 1.10 bits per heavy atom. The Balaban J connectivity index is 1.60. The van der Waals surface area contributed by atoms with Gasteiger partial charge in [0.15, 0.2) is 4.32 Å². The number of halogens is 2. The van der Waals surface area contributed by atoms with Crippen LogP contribution in [0.15, 0.2) is 63.9 Å². The van der Waals surface area contributed by atoms with Crippen LogP contribution in [0.3, 0.4) is 0 Å². The first kappa shape index (κ1) is 20.6. The molecule has 1 aliphatic heterocycles. The van der Waals surface area contributed by atoms with Crippen molar-refractivity contribution in [2.45, 2.75) is 0 Å². The van der Waals surface area contributed by atoms with E-state index in [9.17, 15) is 14.9 Å². The van der Waals surface area contributed by atoms with Gasteiger partial charge in [0, 0.05) is 28.8 Å². The number of anilines is 1. The molecule has 0 N–H and O–H groups in total. The van der Waals surface area contributed by atoms with Gasteiger partial charge in [-0.1, -0.05) is 47.2 Å². The highest BCUT2D eigenvalue weighted by Gasteiger charge is 2.33. The molecular formula is C20H10Cl2N2O4S2. The second kappa shape index (κ2) is 8.23. The Labute approximate surface area is 190 Å². The molecule has 1 aromatic heterocycles. The summed E-state index contributed by atoms with van der Waals surface area (Å²) in [6, 6.07) is 14.3. The molecule has 3 aromatic rings. The van der Waals surface area contributed by atoms with E-state index in [1.807, 2.05) is 0 Å². The lowest BCUT2D eigenvalue weighted by molar-refractivity contribution is -0.384. The maximum Gasteiger partial charge on any atom is 0.270 e. The normalized spacial score (nSPS) is 15.3. The fourth-order valence-corrected chi connectivity index (χ4v) is 4.48. The van der Waals surface area contributed by atoms with Crippen molar-refractivity contribution >= 4 is 74.9 Å². The summed E-state index contributed by atoms with van der Waals surface area (Å²) in [6.45, 7) is 0. The molecule has 1 amide bonds. The van der Waals surface area contributed by atoms with Crippen molar-refractivity contribution in [2.24, 2.45) is 0 Å². The first-order valence-corrected chi connectivity index (χ1v) is 10.4. The van der Waals surface area contributed by atoms with Gasteiger partial charge >= 0.3 is 0 Å². The monoisotopic (exact) mass is 476 g/mol. The molecular weight excluding hydrogens is 467 g/mol. The summed E-state index contributed by atoms with van der Waals surface area (Å²) in [5.74, 6) is 0.587. The van der Waals surface area contributed by atoms with E-state index < -0.39 is 4.92 Å². The minimum Gasteiger partial charge on any atom is -0.457 e. The number of thioether (sulfide) groups is 1. The van der Waals surface area contributed by atoms with Crippen LogP contribution in [0.1, 0.15) is 5.76 Å². The van der Waals surface area contributed by atoms with Gasteiger partial charge in [-0.3, -0.25) is 19.8 Å². The molecule has 10 heteroatoms. The third kappa shape index (κ3) is 3.99. The third-order valence-corrected chi connectivity index (χ3v) is 6.07. The van der Waals surface area contributed by atoms with E-state index >= 15 is 0 Å². The molecule has 2 aromatic carbocycles. The van der Waals surface area contributed by atoms with Gasteiger partial charge < -0.3 is 4.42 Å². The topological polar surface area (TPSA) is 76.6 Å². The van der Waals surface area contributed by atoms with Crippen LogP contribution < -0.4 is 4.90 Å². The zero-order chi connectivity index (χ0) is 21.4. The second-order valence-corrected chi connectivity index (χ2v) is 8.64. The highest BCUT2D eigenvalue weighted by atomic mass is 35.5. The Morgan fingerprint density at radius 2 is 1.83 bits per heavy atom. The van der Waals surface area contributed by atoms with Crippen molar-refractivity contribution in [3.63, 3.8) is 0 Å². The van der Waals surface area contributed by atoms with Gasteiger partial charge in [0.25, 0.3) is 11.6 Å². The number of nitro groups is 1. The van der Waals surface area contributed by atoms with Crippen molar-refractivity contribution in [1.82, 2.24) is 0 Å². The molecule has 0 bridgehead atoms. The number of nitro benzene ring substituents is 1. The van der Waals surface area contributed by atoms with Crippen molar-refractivity contribution in [3.8, 4) is 11.3 Å². The minimum absolute atomic E-state index is 0.110. The van der Waals surface area contributed by atoms with Gasteiger partial charge in [-0.05, 0) is 42.5 Å². The fraction of sp³-hybridized carbons (Fsp3) is 0. The minimum atomic E-state index is -0.522. The SMILES string of the molecule is O=C1/C(=C\c2ccc(-c3ccc([N+](=O)[O-])cc3Cl)o2)SC(=S)N1c1ccc(Cl)cc1. The fourth-order valence-electron chi connectivity index (χ4n) is 2.80. The van der Waals surface area contributed by atoms with Gasteiger partial charge in [-0.15, -0.1) is 0 Å². The Kier molecular flexibility index (Phi) is 5.66. The van der Waals surface area contributed by atoms with E-state index in [2.05, 4.69) is 0 Å². The molecule has 1 aliphatic rings. The van der Waals surface area contributed by atoms with Crippen LogP contribution in [0.5, 0.6) is 0 Å². The van der Waals surface area contributed by atoms with Crippen molar-refractivity contribution in [2.75, 3.05) is 4.90 Å². The van der Waals surface area contributed by atoms with Crippen LogP contribution in [0.4, 0.5) is 11.4 Å². The van der Waals surface area contributed by atoms with Gasteiger partial charge in [0.2, 0.25) is 0 Å². The molecule has 1 fully saturated rings. The Morgan fingerprint density at radius 3 is 2.50 bits per heavy atom. The first-order chi connectivity index (χ1) is 14.3. The number of thiocarbonyl (C=S) groups is 1. The number of furan rings is 1. The van der Waals surface area contributed by atoms with E-state index in [0.29, 0.717) is 37.0 Å². The average molecular weight is 477 g/mol. The highest BCUT2D eigenvalue weighted by molar-refractivity contribution is 8.27. The maximum atomic E-state index is 12.8. The number of benzene rings is 2. The lowest BCUT2D eigenvalue weighted by Crippen LogP contribution is -2.27. The summed E-state index contributed by atoms with van der Waals surface area (Å²) in [4.78, 5) is 25.0. The van der Waals surface area contributed by atoms with Crippen molar-refractivity contribution in [1.29, 1.82) is 0 Å². The zero-order valence-corrected chi connectivity index (χ0v) is 18.0. The smallest absolute Gasteiger partial charge is 0.270 e. The largest absolute Gasteiger partial charge is 0.457 e. The van der Waals surface area contributed by atoms with Gasteiger partial charge in [-0.2, -0.15) is 0 Å². The quantitative estimate of drug-likeness (QED) is 0.183. The number of nitrogens with zero attached hydrogens (tertiary/aromatic N) is 2. The molecule has 2 heterocycles. The number of non-ortho nitro benzene ring substituents is 1. The standard InChI is InChI=1S/C20H10Cl2N2O4S2/c21-11-1-3-12(4-2-11)23-19(25)18(30-20(23)29)10-14-6-8-17(28-14)15-7-5-13(24(26)27)9-16(15)22/h1-10H/b18-10+. The summed E-state index contributed by atoms with van der Waals surface area (Å²) < 4.78 is 6.18. The highest BCUT2D eigenvalue weighted by Crippen LogP contribution is 2.38. The molecule has 0 spiro atoms. The molecule has 1 saturated heterocycles. The van der Waals surface area contributed by atoms with E-state index in [1.54, 1.807) is 42.5 Å². The summed E-state index contributed by atoms with van der Waals surface area (Å²) in [6.07, 6.45) is 1.60. The van der Waals surface area contributed by atoms with Crippen LogP contribution in [0, 0.1) is 10.1 Å². The van der Waals surface area contributed by atoms with Crippen molar-refractivity contribution in [3.05, 3.63) is 85.4 Å². The Bertz CT molecular complexity index is 1220. The molecule has 150 valence electrons. The van der Waals surface area contributed by atoms with Crippen LogP contribution in [-0.4, -0.2) is 15.2 Å². The molecule has 0 saturated carbocycles. The van der Waals surface area contributed by atoms with E-state index in [0.717, 1.165) is 11.8 Å². The number of carbonyl (C=O) groups excluding carboxylic acids is 1. The summed E-state index contributed by atoms with van der Waals surface area (Å²) in [7, 11) is 0. The van der Waals surface area contributed by atoms with Gasteiger partial charge in [-0.25, -0.2) is 0 Å². The zero-order valence-electron chi connectivity index (χ0n) is 14.9. The van der Waals surface area contributed by atoms with Crippen molar-refractivity contribution < 1.29 is 14.1 Å². The van der Waals surface area contributed by atoms with Crippen LogP contribution in [-0.2, 0) is 4.79 Å². The summed E-state index contributed by atoms with van der Waals surface area (Å²) in [5.41, 5.74) is 1.03. The van der Waals surface area contributed by atoms with Crippen LogP contribution in [0.25, 0.3) is 17.4 Å². The number of hydrogen-bond donors (Lipinski definition) is 0. The third-order valence-electron chi connectivity index (χ3n) is 4.21. The predicted octanol–water partition coefficient (Wildman–Crippen LogP) is 6.57. The number of hydrogen-bond acceptors (Lipinski definition) is 6. The molecule has 0 unspecified atom stereocenters. The lowest BCUT2D eigenvalue weighted by atomic mass is 10.1. The Hall–Kier alpha value is -2.65. The number of carbonyl (C=O) groups is 1. The number of amides is 1. The second-order valence-electron chi connectivity index (χ2n) is 6.12.